The van der Waals surface area contributed by atoms with Crippen molar-refractivity contribution in [2.24, 2.45) is 5.10 Å². The van der Waals surface area contributed by atoms with E-state index >= 15 is 0 Å². The van der Waals surface area contributed by atoms with Gasteiger partial charge in [0.15, 0.2) is 0 Å². The summed E-state index contributed by atoms with van der Waals surface area (Å²) in [4.78, 5) is 15.0. The van der Waals surface area contributed by atoms with E-state index in [2.05, 4.69) is 20.3 Å². The fraction of sp³-hybridized carbons (Fsp3) is 0.0769. The molecule has 7 heteroatoms. The number of rotatable bonds is 2. The lowest BCUT2D eigenvalue weighted by Gasteiger charge is -1.98. The molecule has 0 radical (unpaired) electrons. The highest BCUT2D eigenvalue weighted by Gasteiger charge is 2.03. The first-order valence-electron chi connectivity index (χ1n) is 5.95. The van der Waals surface area contributed by atoms with Crippen LogP contribution < -0.4 is 5.56 Å². The first kappa shape index (κ1) is 12.5. The molecule has 0 aliphatic heterocycles. The molecule has 0 bridgehead atoms. The number of nitrogens with one attached hydrogen (secondary N) is 2. The Balaban J connectivity index is 2.10. The molecule has 2 heterocycles. The topological polar surface area (TPSA) is 78.8 Å². The molecule has 0 atom stereocenters. The standard InChI is InChI=1S/C13H11N5OS/c1-8-12(19)18(13(20)17-16-8)15-7-9-6-14-11-5-3-2-4-10(9)11/h2-7,14H,1H3,(H,17,20). The number of H-pyrrole nitrogens is 2. The molecule has 0 aliphatic rings. The van der Waals surface area contributed by atoms with Crippen LogP contribution in [-0.2, 0) is 0 Å². The van der Waals surface area contributed by atoms with Crippen LogP contribution >= 0.6 is 12.2 Å². The van der Waals surface area contributed by atoms with Crippen LogP contribution in [0.1, 0.15) is 11.3 Å². The van der Waals surface area contributed by atoms with Crippen molar-refractivity contribution in [3.8, 4) is 0 Å². The molecular weight excluding hydrogens is 274 g/mol. The molecule has 0 fully saturated rings. The van der Waals surface area contributed by atoms with Crippen LogP contribution in [0.4, 0.5) is 0 Å². The number of hydrogen-bond acceptors (Lipinski definition) is 4. The Kier molecular flexibility index (Phi) is 3.03. The van der Waals surface area contributed by atoms with Crippen molar-refractivity contribution in [2.45, 2.75) is 6.92 Å². The molecule has 0 saturated heterocycles. The lowest BCUT2D eigenvalue weighted by Crippen LogP contribution is -2.22. The van der Waals surface area contributed by atoms with Crippen molar-refractivity contribution in [2.75, 3.05) is 0 Å². The van der Waals surface area contributed by atoms with Gasteiger partial charge in [-0.05, 0) is 25.2 Å². The van der Waals surface area contributed by atoms with Gasteiger partial charge in [0.1, 0.15) is 5.69 Å². The second kappa shape index (κ2) is 4.86. The van der Waals surface area contributed by atoms with Gasteiger partial charge in [-0.1, -0.05) is 18.2 Å². The summed E-state index contributed by atoms with van der Waals surface area (Å²) in [6.07, 6.45) is 3.43. The Bertz CT molecular complexity index is 918. The number of para-hydroxylation sites is 1. The number of aromatic nitrogens is 4. The first-order valence-corrected chi connectivity index (χ1v) is 6.36. The third-order valence-electron chi connectivity index (χ3n) is 2.95. The maximum absolute atomic E-state index is 11.9. The summed E-state index contributed by atoms with van der Waals surface area (Å²) >= 11 is 5.01. The number of fused-ring (bicyclic) bond motifs is 1. The molecule has 100 valence electrons. The fourth-order valence-corrected chi connectivity index (χ4v) is 2.07. The van der Waals surface area contributed by atoms with Crippen LogP contribution in [0.3, 0.4) is 0 Å². The monoisotopic (exact) mass is 285 g/mol. The van der Waals surface area contributed by atoms with Gasteiger partial charge in [-0.2, -0.15) is 14.9 Å². The highest BCUT2D eigenvalue weighted by Crippen LogP contribution is 2.15. The van der Waals surface area contributed by atoms with E-state index in [1.54, 1.807) is 13.1 Å². The molecule has 0 saturated carbocycles. The smallest absolute Gasteiger partial charge is 0.296 e. The Morgan fingerprint density at radius 2 is 2.20 bits per heavy atom. The number of benzene rings is 1. The van der Waals surface area contributed by atoms with Crippen LogP contribution in [0, 0.1) is 11.7 Å². The van der Waals surface area contributed by atoms with Gasteiger partial charge in [0.2, 0.25) is 4.77 Å². The van der Waals surface area contributed by atoms with Gasteiger partial charge < -0.3 is 4.98 Å². The summed E-state index contributed by atoms with van der Waals surface area (Å²) in [5.74, 6) is 0. The van der Waals surface area contributed by atoms with E-state index in [4.69, 9.17) is 12.2 Å². The zero-order valence-electron chi connectivity index (χ0n) is 10.6. The maximum atomic E-state index is 11.9. The minimum Gasteiger partial charge on any atom is -0.361 e. The van der Waals surface area contributed by atoms with E-state index in [0.29, 0.717) is 5.69 Å². The SMILES string of the molecule is Cc1n[nH]c(=S)n(N=Cc2c[nH]c3ccccc23)c1=O. The van der Waals surface area contributed by atoms with Gasteiger partial charge >= 0.3 is 0 Å². The van der Waals surface area contributed by atoms with Crippen LogP contribution in [0.15, 0.2) is 40.4 Å². The number of aromatic amines is 2. The Hall–Kier alpha value is -2.54. The highest BCUT2D eigenvalue weighted by molar-refractivity contribution is 7.71. The average molecular weight is 285 g/mol. The maximum Gasteiger partial charge on any atom is 0.296 e. The van der Waals surface area contributed by atoms with E-state index in [1.165, 1.54) is 0 Å². The molecule has 0 unspecified atom stereocenters. The lowest BCUT2D eigenvalue weighted by atomic mass is 10.2. The summed E-state index contributed by atoms with van der Waals surface area (Å²) < 4.78 is 1.29. The molecule has 6 nitrogen and oxygen atoms in total. The minimum absolute atomic E-state index is 0.164. The largest absolute Gasteiger partial charge is 0.361 e. The molecule has 2 N–H and O–H groups in total. The third kappa shape index (κ3) is 2.08. The van der Waals surface area contributed by atoms with E-state index < -0.39 is 0 Å². The quantitative estimate of drug-likeness (QED) is 0.558. The van der Waals surface area contributed by atoms with E-state index in [-0.39, 0.29) is 10.3 Å². The predicted molar refractivity (Wildman–Crippen MR) is 79.7 cm³/mol. The number of hydrogen-bond donors (Lipinski definition) is 2. The predicted octanol–water partition coefficient (Wildman–Crippen LogP) is 1.97. The van der Waals surface area contributed by atoms with Gasteiger partial charge in [0.05, 0.1) is 6.21 Å². The zero-order valence-corrected chi connectivity index (χ0v) is 11.4. The normalized spacial score (nSPS) is 11.4. The molecule has 0 aliphatic carbocycles. The van der Waals surface area contributed by atoms with Crippen molar-refractivity contribution >= 4 is 29.3 Å². The second-order valence-corrected chi connectivity index (χ2v) is 4.65. The number of aryl methyl sites for hydroxylation is 1. The van der Waals surface area contributed by atoms with Crippen molar-refractivity contribution in [3.05, 3.63) is 56.8 Å². The molecule has 2 aromatic heterocycles. The highest BCUT2D eigenvalue weighted by atomic mass is 32.1. The minimum atomic E-state index is -0.329. The van der Waals surface area contributed by atoms with Crippen molar-refractivity contribution in [1.82, 2.24) is 19.9 Å². The van der Waals surface area contributed by atoms with E-state index in [0.717, 1.165) is 21.1 Å². The average Bonchev–Trinajstić information content (AvgIpc) is 2.87. The van der Waals surface area contributed by atoms with Gasteiger partial charge in [-0.15, -0.1) is 0 Å². The van der Waals surface area contributed by atoms with Gasteiger partial charge in [0.25, 0.3) is 5.56 Å². The summed E-state index contributed by atoms with van der Waals surface area (Å²) in [6, 6.07) is 7.85. The van der Waals surface area contributed by atoms with E-state index in [1.807, 2.05) is 30.5 Å². The molecular formula is C13H11N5OS. The fourth-order valence-electron chi connectivity index (χ4n) is 1.90. The van der Waals surface area contributed by atoms with Gasteiger partial charge in [0, 0.05) is 22.7 Å². The van der Waals surface area contributed by atoms with Crippen molar-refractivity contribution in [1.29, 1.82) is 0 Å². The third-order valence-corrected chi connectivity index (χ3v) is 3.21. The van der Waals surface area contributed by atoms with Crippen LogP contribution in [0.5, 0.6) is 0 Å². The van der Waals surface area contributed by atoms with Crippen molar-refractivity contribution < 1.29 is 0 Å². The number of nitrogens with zero attached hydrogens (tertiary/aromatic N) is 3. The molecule has 20 heavy (non-hydrogen) atoms. The Morgan fingerprint density at radius 3 is 3.05 bits per heavy atom. The van der Waals surface area contributed by atoms with Crippen molar-refractivity contribution in [3.63, 3.8) is 0 Å². The van der Waals surface area contributed by atoms with Crippen LogP contribution in [0.25, 0.3) is 10.9 Å². The van der Waals surface area contributed by atoms with Gasteiger partial charge in [-0.25, -0.2) is 0 Å². The summed E-state index contributed by atoms with van der Waals surface area (Å²) in [6.45, 7) is 1.60. The summed E-state index contributed by atoms with van der Waals surface area (Å²) in [7, 11) is 0. The molecule has 3 rings (SSSR count). The molecule has 1 aromatic carbocycles. The van der Waals surface area contributed by atoms with E-state index in [9.17, 15) is 4.79 Å². The molecule has 0 spiro atoms. The first-order chi connectivity index (χ1) is 9.66. The summed E-state index contributed by atoms with van der Waals surface area (Å²) in [5, 5.41) is 11.5. The molecule has 0 amide bonds. The van der Waals surface area contributed by atoms with Gasteiger partial charge in [-0.3, -0.25) is 9.89 Å². The van der Waals surface area contributed by atoms with Crippen LogP contribution in [-0.4, -0.2) is 26.1 Å². The Labute approximate surface area is 118 Å². The Morgan fingerprint density at radius 1 is 1.40 bits per heavy atom. The lowest BCUT2D eigenvalue weighted by molar-refractivity contribution is 0.720. The van der Waals surface area contributed by atoms with Crippen LogP contribution in [0.2, 0.25) is 0 Å². The zero-order chi connectivity index (χ0) is 14.1. The summed E-state index contributed by atoms with van der Waals surface area (Å²) in [5.41, 5.74) is 1.88. The molecule has 3 aromatic rings. The second-order valence-electron chi connectivity index (χ2n) is 4.27.